The molecule has 0 bridgehead atoms. The van der Waals surface area contributed by atoms with E-state index in [1.807, 2.05) is 29.2 Å². The minimum Gasteiger partial charge on any atom is -0.496 e. The Labute approximate surface area is 141 Å². The molecule has 1 aliphatic carbocycles. The standard InChI is InChI=1S/C18H22N2O4/c1-23-15-5-3-2-4-11(15)12-8-13(12)18(22)20-7-6-16-14(9-20)19-17(21)10-24-16/h2-5,12-14,16H,6-10H2,1H3,(H,19,21)/t12-,13+,14-,16+/m0/s1. The highest BCUT2D eigenvalue weighted by Crippen LogP contribution is 2.51. The fourth-order valence-electron chi connectivity index (χ4n) is 3.92. The Morgan fingerprint density at radius 1 is 1.38 bits per heavy atom. The third kappa shape index (κ3) is 2.75. The molecule has 1 saturated carbocycles. The Bertz CT molecular complexity index is 662. The molecule has 24 heavy (non-hydrogen) atoms. The van der Waals surface area contributed by atoms with Gasteiger partial charge in [0.2, 0.25) is 11.8 Å². The summed E-state index contributed by atoms with van der Waals surface area (Å²) >= 11 is 0. The molecule has 1 aromatic carbocycles. The number of hydrogen-bond donors (Lipinski definition) is 1. The van der Waals surface area contributed by atoms with Gasteiger partial charge in [0.1, 0.15) is 12.4 Å². The van der Waals surface area contributed by atoms with Crippen molar-refractivity contribution in [1.82, 2.24) is 10.2 Å². The minimum absolute atomic E-state index is 0.0260. The summed E-state index contributed by atoms with van der Waals surface area (Å²) in [5, 5.41) is 2.95. The highest BCUT2D eigenvalue weighted by atomic mass is 16.5. The Morgan fingerprint density at radius 2 is 2.21 bits per heavy atom. The van der Waals surface area contributed by atoms with Gasteiger partial charge in [-0.15, -0.1) is 0 Å². The smallest absolute Gasteiger partial charge is 0.246 e. The van der Waals surface area contributed by atoms with Gasteiger partial charge in [0.25, 0.3) is 0 Å². The summed E-state index contributed by atoms with van der Waals surface area (Å²) in [7, 11) is 1.66. The van der Waals surface area contributed by atoms with Crippen molar-refractivity contribution >= 4 is 11.8 Å². The highest BCUT2D eigenvalue weighted by molar-refractivity contribution is 5.84. The van der Waals surface area contributed by atoms with Crippen molar-refractivity contribution in [3.8, 4) is 5.75 Å². The first-order chi connectivity index (χ1) is 11.7. The summed E-state index contributed by atoms with van der Waals surface area (Å²) in [6.07, 6.45) is 1.69. The van der Waals surface area contributed by atoms with Gasteiger partial charge in [-0.05, 0) is 30.4 Å². The van der Waals surface area contributed by atoms with Crippen LogP contribution in [0.15, 0.2) is 24.3 Å². The van der Waals surface area contributed by atoms with Crippen molar-refractivity contribution in [2.24, 2.45) is 5.92 Å². The van der Waals surface area contributed by atoms with Gasteiger partial charge in [0.05, 0.1) is 19.3 Å². The number of hydrogen-bond acceptors (Lipinski definition) is 4. The molecule has 6 nitrogen and oxygen atoms in total. The number of piperidine rings is 1. The number of nitrogens with zero attached hydrogens (tertiary/aromatic N) is 1. The first-order valence-electron chi connectivity index (χ1n) is 8.50. The molecule has 4 rings (SSSR count). The van der Waals surface area contributed by atoms with Crippen molar-refractivity contribution in [2.75, 3.05) is 26.8 Å². The third-order valence-corrected chi connectivity index (χ3v) is 5.28. The Kier molecular flexibility index (Phi) is 3.92. The number of nitrogens with one attached hydrogen (secondary N) is 1. The lowest BCUT2D eigenvalue weighted by Gasteiger charge is -2.41. The van der Waals surface area contributed by atoms with Crippen molar-refractivity contribution in [3.05, 3.63) is 29.8 Å². The molecule has 2 aliphatic heterocycles. The van der Waals surface area contributed by atoms with Crippen LogP contribution in [-0.2, 0) is 14.3 Å². The molecule has 0 aromatic heterocycles. The number of amides is 2. The van der Waals surface area contributed by atoms with E-state index in [9.17, 15) is 9.59 Å². The average Bonchev–Trinajstić information content (AvgIpc) is 3.41. The van der Waals surface area contributed by atoms with Crippen LogP contribution in [0.5, 0.6) is 5.75 Å². The van der Waals surface area contributed by atoms with Gasteiger partial charge in [-0.3, -0.25) is 9.59 Å². The van der Waals surface area contributed by atoms with Crippen LogP contribution >= 0.6 is 0 Å². The maximum atomic E-state index is 12.8. The molecule has 0 unspecified atom stereocenters. The van der Waals surface area contributed by atoms with Crippen LogP contribution < -0.4 is 10.1 Å². The highest BCUT2D eigenvalue weighted by Gasteiger charge is 2.48. The van der Waals surface area contributed by atoms with E-state index in [4.69, 9.17) is 9.47 Å². The minimum atomic E-state index is -0.0936. The molecule has 1 N–H and O–H groups in total. The normalized spacial score (nSPS) is 31.9. The van der Waals surface area contributed by atoms with E-state index in [1.165, 1.54) is 0 Å². The first-order valence-corrected chi connectivity index (χ1v) is 8.50. The molecule has 2 saturated heterocycles. The molecule has 1 aromatic rings. The van der Waals surface area contributed by atoms with Crippen LogP contribution in [0.2, 0.25) is 0 Å². The van der Waals surface area contributed by atoms with Crippen LogP contribution in [0, 0.1) is 5.92 Å². The van der Waals surface area contributed by atoms with E-state index >= 15 is 0 Å². The van der Waals surface area contributed by atoms with E-state index < -0.39 is 0 Å². The second-order valence-corrected chi connectivity index (χ2v) is 6.79. The quantitative estimate of drug-likeness (QED) is 0.895. The second-order valence-electron chi connectivity index (χ2n) is 6.79. The lowest BCUT2D eigenvalue weighted by Crippen LogP contribution is -2.61. The molecule has 128 valence electrons. The average molecular weight is 330 g/mol. The monoisotopic (exact) mass is 330 g/mol. The van der Waals surface area contributed by atoms with Crippen molar-refractivity contribution in [2.45, 2.75) is 30.9 Å². The number of ether oxygens (including phenoxy) is 2. The number of fused-ring (bicyclic) bond motifs is 1. The summed E-state index contributed by atoms with van der Waals surface area (Å²) in [5.74, 6) is 1.21. The Hall–Kier alpha value is -2.08. The van der Waals surface area contributed by atoms with Gasteiger partial charge < -0.3 is 19.7 Å². The van der Waals surface area contributed by atoms with Crippen molar-refractivity contribution in [1.29, 1.82) is 0 Å². The van der Waals surface area contributed by atoms with Gasteiger partial charge in [-0.25, -0.2) is 0 Å². The zero-order valence-electron chi connectivity index (χ0n) is 13.7. The number of carbonyl (C=O) groups excluding carboxylic acids is 2. The number of benzene rings is 1. The number of morpholine rings is 1. The van der Waals surface area contributed by atoms with Gasteiger partial charge in [-0.1, -0.05) is 18.2 Å². The summed E-state index contributed by atoms with van der Waals surface area (Å²) in [6, 6.07) is 7.83. The van der Waals surface area contributed by atoms with E-state index in [1.54, 1.807) is 7.11 Å². The fourth-order valence-corrected chi connectivity index (χ4v) is 3.92. The maximum Gasteiger partial charge on any atom is 0.246 e. The summed E-state index contributed by atoms with van der Waals surface area (Å²) in [4.78, 5) is 26.2. The molecule has 2 heterocycles. The number of para-hydroxylation sites is 1. The van der Waals surface area contributed by atoms with Crippen LogP contribution in [0.3, 0.4) is 0 Å². The van der Waals surface area contributed by atoms with Crippen LogP contribution in [0.4, 0.5) is 0 Å². The van der Waals surface area contributed by atoms with E-state index in [0.29, 0.717) is 13.1 Å². The molecular formula is C18H22N2O4. The lowest BCUT2D eigenvalue weighted by molar-refractivity contribution is -0.147. The van der Waals surface area contributed by atoms with E-state index in [0.717, 1.165) is 24.2 Å². The van der Waals surface area contributed by atoms with Crippen molar-refractivity contribution < 1.29 is 19.1 Å². The van der Waals surface area contributed by atoms with Crippen molar-refractivity contribution in [3.63, 3.8) is 0 Å². The predicted octanol–water partition coefficient (Wildman–Crippen LogP) is 0.915. The SMILES string of the molecule is COc1ccccc1[C@@H]1C[C@H]1C(=O)N1CC[C@H]2OCC(=O)N[C@H]2C1. The van der Waals surface area contributed by atoms with Crippen LogP contribution in [0.25, 0.3) is 0 Å². The zero-order chi connectivity index (χ0) is 16.7. The van der Waals surface area contributed by atoms with Gasteiger partial charge >= 0.3 is 0 Å². The largest absolute Gasteiger partial charge is 0.496 e. The molecule has 6 heteroatoms. The Balaban J connectivity index is 1.41. The first kappa shape index (κ1) is 15.4. The molecular weight excluding hydrogens is 308 g/mol. The number of carbonyl (C=O) groups is 2. The van der Waals surface area contributed by atoms with E-state index in [-0.39, 0.29) is 42.4 Å². The van der Waals surface area contributed by atoms with Crippen LogP contribution in [-0.4, -0.2) is 55.7 Å². The third-order valence-electron chi connectivity index (χ3n) is 5.28. The summed E-state index contributed by atoms with van der Waals surface area (Å²) in [6.45, 7) is 1.38. The van der Waals surface area contributed by atoms with Gasteiger partial charge in [0.15, 0.2) is 0 Å². The lowest BCUT2D eigenvalue weighted by atomic mass is 9.99. The molecule has 2 amide bonds. The van der Waals surface area contributed by atoms with Gasteiger partial charge in [-0.2, -0.15) is 0 Å². The topological polar surface area (TPSA) is 67.9 Å². The fraction of sp³-hybridized carbons (Fsp3) is 0.556. The molecule has 0 spiro atoms. The molecule has 4 atom stereocenters. The Morgan fingerprint density at radius 3 is 3.04 bits per heavy atom. The van der Waals surface area contributed by atoms with E-state index in [2.05, 4.69) is 5.32 Å². The number of rotatable bonds is 3. The molecule has 3 aliphatic rings. The zero-order valence-corrected chi connectivity index (χ0v) is 13.7. The molecule has 0 radical (unpaired) electrons. The predicted molar refractivity (Wildman–Crippen MR) is 86.7 cm³/mol. The van der Waals surface area contributed by atoms with Crippen LogP contribution in [0.1, 0.15) is 24.3 Å². The summed E-state index contributed by atoms with van der Waals surface area (Å²) < 4.78 is 11.0. The maximum absolute atomic E-state index is 12.8. The summed E-state index contributed by atoms with van der Waals surface area (Å²) in [5.41, 5.74) is 1.11. The molecule has 3 fully saturated rings. The van der Waals surface area contributed by atoms with Gasteiger partial charge in [0, 0.05) is 19.0 Å². The second kappa shape index (κ2) is 6.09. The number of likely N-dealkylation sites (tertiary alicyclic amines) is 1. The number of methoxy groups -OCH3 is 1.